The fourth-order valence-corrected chi connectivity index (χ4v) is 11.8. The Balaban J connectivity index is 1.19. The lowest BCUT2D eigenvalue weighted by molar-refractivity contribution is -0.438. The van der Waals surface area contributed by atoms with Gasteiger partial charge in [-0.05, 0) is 135 Å². The number of hydrogen-bond acceptors (Lipinski definition) is 10. The van der Waals surface area contributed by atoms with Gasteiger partial charge in [0, 0.05) is 90.5 Å². The van der Waals surface area contributed by atoms with E-state index in [0.29, 0.717) is 47.8 Å². The highest BCUT2D eigenvalue weighted by atomic mass is 35.5. The summed E-state index contributed by atoms with van der Waals surface area (Å²) >= 11 is 7.35. The number of anilines is 2. The molecular formula is C53H66ClN4O10S2+. The second-order valence-electron chi connectivity index (χ2n) is 19.7. The lowest BCUT2D eigenvalue weighted by atomic mass is 9.78. The molecule has 4 aliphatic rings. The van der Waals surface area contributed by atoms with Gasteiger partial charge in [-0.1, -0.05) is 57.5 Å². The number of hydrogen-bond donors (Lipinski definition) is 2. The minimum absolute atomic E-state index is 0.0287. The van der Waals surface area contributed by atoms with Crippen LogP contribution in [-0.2, 0) is 50.3 Å². The number of unbranched alkanes of at least 4 members (excludes halogenated alkanes) is 2. The Hall–Kier alpha value is -5.13. The highest BCUT2D eigenvalue weighted by molar-refractivity contribution is 7.86. The van der Waals surface area contributed by atoms with Gasteiger partial charge in [-0.25, -0.2) is 4.79 Å². The summed E-state index contributed by atoms with van der Waals surface area (Å²) < 4.78 is 69.6. The van der Waals surface area contributed by atoms with Crippen LogP contribution in [0.3, 0.4) is 0 Å². The number of imide groups is 1. The molecule has 1 saturated heterocycles. The molecule has 0 radical (unpaired) electrons. The van der Waals surface area contributed by atoms with Gasteiger partial charge in [0.2, 0.25) is 5.69 Å². The fourth-order valence-electron chi connectivity index (χ4n) is 10.5. The first-order valence-corrected chi connectivity index (χ1v) is 27.9. The van der Waals surface area contributed by atoms with Crippen molar-refractivity contribution in [3.8, 4) is 0 Å². The third-order valence-corrected chi connectivity index (χ3v) is 16.1. The molecule has 2 amide bonds. The first kappa shape index (κ1) is 52.7. The molecule has 70 heavy (non-hydrogen) atoms. The van der Waals surface area contributed by atoms with Crippen molar-refractivity contribution in [2.45, 2.75) is 134 Å². The number of allylic oxidation sites excluding steroid dienone is 8. The number of halogens is 1. The van der Waals surface area contributed by atoms with Crippen molar-refractivity contribution < 1.29 is 49.7 Å². The zero-order valence-electron chi connectivity index (χ0n) is 41.1. The Bertz CT molecular complexity index is 2950. The number of carbonyl (C=O) groups excluding carboxylic acids is 3. The van der Waals surface area contributed by atoms with Crippen LogP contribution in [0.2, 0.25) is 0 Å². The van der Waals surface area contributed by atoms with Gasteiger partial charge in [0.05, 0.1) is 16.1 Å². The summed E-state index contributed by atoms with van der Waals surface area (Å²) in [6.07, 6.45) is 15.0. The summed E-state index contributed by atoms with van der Waals surface area (Å²) in [5.74, 6) is -2.01. The van der Waals surface area contributed by atoms with Gasteiger partial charge in [-0.3, -0.25) is 18.7 Å². The number of amides is 2. The summed E-state index contributed by atoms with van der Waals surface area (Å²) in [5.41, 5.74) is 8.23. The SMILES string of the molecule is CCCN(CCC)c1ccc2c(c1)C(C)(C)/C(=C/C=C1CCCC(/C=C/C3=[N+](CCCCCC(=O)ON4C(=O)CCC4=O)c4ccc5cc(S(=O)(=O)O)ccc5c4C3(C)C)=C1Cl)N2CCCS(=O)(=O)O. The summed E-state index contributed by atoms with van der Waals surface area (Å²) in [4.78, 5) is 45.9. The molecule has 3 aromatic rings. The molecular weight excluding hydrogens is 952 g/mol. The highest BCUT2D eigenvalue weighted by Crippen LogP contribution is 2.50. The summed E-state index contributed by atoms with van der Waals surface area (Å²) in [6, 6.07) is 15.0. The normalized spacial score (nSPS) is 19.2. The van der Waals surface area contributed by atoms with E-state index in [9.17, 15) is 40.3 Å². The van der Waals surface area contributed by atoms with Gasteiger partial charge < -0.3 is 14.6 Å². The fraction of sp³-hybridized carbons (Fsp3) is 0.472. The van der Waals surface area contributed by atoms with E-state index in [1.54, 1.807) is 6.07 Å². The van der Waals surface area contributed by atoms with Crippen LogP contribution in [0.25, 0.3) is 10.8 Å². The Labute approximate surface area is 417 Å². The number of rotatable bonds is 20. The third-order valence-electron chi connectivity index (χ3n) is 13.9. The van der Waals surface area contributed by atoms with Crippen LogP contribution in [0.1, 0.15) is 130 Å². The van der Waals surface area contributed by atoms with Gasteiger partial charge in [0.15, 0.2) is 5.71 Å². The van der Waals surface area contributed by atoms with Crippen LogP contribution in [0, 0.1) is 0 Å². The van der Waals surface area contributed by atoms with Crippen LogP contribution in [0.15, 0.2) is 99.6 Å². The average Bonchev–Trinajstić information content (AvgIpc) is 3.81. The highest BCUT2D eigenvalue weighted by Gasteiger charge is 2.46. The van der Waals surface area contributed by atoms with E-state index in [0.717, 1.165) is 101 Å². The minimum atomic E-state index is -4.43. The second kappa shape index (κ2) is 21.3. The molecule has 0 saturated carbocycles. The van der Waals surface area contributed by atoms with E-state index in [1.807, 2.05) is 12.1 Å². The van der Waals surface area contributed by atoms with Crippen molar-refractivity contribution in [1.29, 1.82) is 0 Å². The molecule has 0 bridgehead atoms. The number of carbonyl (C=O) groups is 3. The zero-order valence-corrected chi connectivity index (χ0v) is 43.5. The molecule has 0 aromatic heterocycles. The van der Waals surface area contributed by atoms with Gasteiger partial charge in [0.25, 0.3) is 32.1 Å². The van der Waals surface area contributed by atoms with Crippen molar-refractivity contribution >= 4 is 83.2 Å². The van der Waals surface area contributed by atoms with E-state index < -0.39 is 48.8 Å². The van der Waals surface area contributed by atoms with Crippen molar-refractivity contribution in [2.75, 3.05) is 41.7 Å². The number of hydroxylamine groups is 2. The minimum Gasteiger partial charge on any atom is -0.372 e. The largest absolute Gasteiger partial charge is 0.372 e. The molecule has 0 spiro atoms. The zero-order chi connectivity index (χ0) is 50.8. The molecule has 3 aromatic carbocycles. The van der Waals surface area contributed by atoms with Crippen molar-refractivity contribution in [2.24, 2.45) is 0 Å². The van der Waals surface area contributed by atoms with Gasteiger partial charge in [-0.15, -0.1) is 5.06 Å². The van der Waals surface area contributed by atoms with Gasteiger partial charge in [-0.2, -0.15) is 21.4 Å². The van der Waals surface area contributed by atoms with Gasteiger partial charge >= 0.3 is 5.97 Å². The molecule has 7 rings (SSSR count). The van der Waals surface area contributed by atoms with E-state index in [-0.39, 0.29) is 36.3 Å². The molecule has 1 aliphatic carbocycles. The maximum absolute atomic E-state index is 12.5. The molecule has 3 aliphatic heterocycles. The molecule has 376 valence electrons. The topological polar surface area (TPSA) is 182 Å². The second-order valence-corrected chi connectivity index (χ2v) is 23.1. The van der Waals surface area contributed by atoms with Crippen molar-refractivity contribution in [3.63, 3.8) is 0 Å². The van der Waals surface area contributed by atoms with Crippen molar-refractivity contribution in [3.05, 3.63) is 106 Å². The third kappa shape index (κ3) is 11.3. The maximum atomic E-state index is 12.5. The van der Waals surface area contributed by atoms with Crippen LogP contribution in [0.4, 0.5) is 17.1 Å². The van der Waals surface area contributed by atoms with Crippen molar-refractivity contribution in [1.82, 2.24) is 5.06 Å². The predicted octanol–water partition coefficient (Wildman–Crippen LogP) is 10.4. The number of fused-ring (bicyclic) bond motifs is 4. The van der Waals surface area contributed by atoms with Crippen LogP contribution < -0.4 is 9.80 Å². The molecule has 14 nitrogen and oxygen atoms in total. The Morgan fingerprint density at radius 1 is 0.843 bits per heavy atom. The Kier molecular flexibility index (Phi) is 16.0. The molecule has 1 fully saturated rings. The molecule has 0 atom stereocenters. The molecule has 2 N–H and O–H groups in total. The van der Waals surface area contributed by atoms with Crippen LogP contribution in [0.5, 0.6) is 0 Å². The predicted molar refractivity (Wildman–Crippen MR) is 275 cm³/mol. The Morgan fingerprint density at radius 3 is 2.23 bits per heavy atom. The number of benzene rings is 3. The van der Waals surface area contributed by atoms with Gasteiger partial charge in [0.1, 0.15) is 6.54 Å². The van der Waals surface area contributed by atoms with Crippen LogP contribution in [-0.4, -0.2) is 91.0 Å². The quantitative estimate of drug-likeness (QED) is 0.0474. The molecule has 0 unspecified atom stereocenters. The smallest absolute Gasteiger partial charge is 0.333 e. The lowest BCUT2D eigenvalue weighted by Gasteiger charge is -2.27. The summed E-state index contributed by atoms with van der Waals surface area (Å²) in [7, 11) is -8.57. The maximum Gasteiger partial charge on any atom is 0.333 e. The van der Waals surface area contributed by atoms with E-state index in [2.05, 4.69) is 98.4 Å². The Morgan fingerprint density at radius 2 is 1.56 bits per heavy atom. The molecule has 3 heterocycles. The first-order chi connectivity index (χ1) is 33.1. The summed E-state index contributed by atoms with van der Waals surface area (Å²) in [6.45, 7) is 15.9. The molecule has 17 heteroatoms. The van der Waals surface area contributed by atoms with E-state index in [1.165, 1.54) is 12.1 Å². The standard InChI is InChI=1S/C53H65ClN4O10S2/c1-7-29-55(30-8-2)39-20-24-43-42(35-39)52(3,4)45(56(43)32-13-33-69(62,63)64)25-18-36-14-12-15-37(51(36)54)19-26-46-53(5,6)50-41-22-21-40(70(65,66)67)34-38(41)17-23-44(50)57(46)31-11-9-10-16-49(61)68-58-47(59)27-28-48(58)60/h17-26,34-35H,7-16,27-33H2,1-6H3,(H-,62,63,64,65,66,67)/p+1. The monoisotopic (exact) mass is 1020 g/mol. The first-order valence-electron chi connectivity index (χ1n) is 24.4. The average molecular weight is 1020 g/mol. The summed E-state index contributed by atoms with van der Waals surface area (Å²) in [5, 5.41) is 2.75. The number of nitrogens with zero attached hydrogens (tertiary/aromatic N) is 4. The lowest BCUT2D eigenvalue weighted by Crippen LogP contribution is -2.31. The van der Waals surface area contributed by atoms with E-state index >= 15 is 0 Å². The van der Waals surface area contributed by atoms with Crippen LogP contribution >= 0.6 is 11.6 Å². The van der Waals surface area contributed by atoms with E-state index in [4.69, 9.17) is 16.4 Å².